The second kappa shape index (κ2) is 4.13. The van der Waals surface area contributed by atoms with E-state index in [0.29, 0.717) is 6.54 Å². The van der Waals surface area contributed by atoms with Crippen LogP contribution in [-0.4, -0.2) is 28.6 Å². The molecule has 1 aliphatic heterocycles. The van der Waals surface area contributed by atoms with Crippen molar-refractivity contribution in [2.24, 2.45) is 0 Å². The number of carbonyl (C=O) groups excluding carboxylic acids is 1. The van der Waals surface area contributed by atoms with Crippen molar-refractivity contribution in [1.82, 2.24) is 10.1 Å². The molecule has 0 N–H and O–H groups in total. The first-order valence-corrected chi connectivity index (χ1v) is 4.94. The van der Waals surface area contributed by atoms with Crippen molar-refractivity contribution < 1.29 is 9.32 Å². The maximum absolute atomic E-state index is 11.9. The Hall–Kier alpha value is -1.83. The molecule has 1 amide bonds. The third-order valence-corrected chi connectivity index (χ3v) is 2.57. The van der Waals surface area contributed by atoms with Crippen LogP contribution in [0.5, 0.6) is 0 Å². The zero-order valence-corrected chi connectivity index (χ0v) is 8.22. The standard InChI is InChI=1S/C10H11N3O2/c11-7-8-3-1-2-5-13(8)10(14)9-4-6-15-12-9/h4,6,8H,1-3,5H2. The molecule has 1 aliphatic rings. The molecule has 1 atom stereocenters. The Labute approximate surface area is 87.3 Å². The summed E-state index contributed by atoms with van der Waals surface area (Å²) in [4.78, 5) is 13.5. The molecule has 1 aromatic rings. The monoisotopic (exact) mass is 205 g/mol. The third kappa shape index (κ3) is 1.84. The molecule has 2 rings (SSSR count). The third-order valence-electron chi connectivity index (χ3n) is 2.57. The predicted octanol–water partition coefficient (Wildman–Crippen LogP) is 1.19. The Morgan fingerprint density at radius 1 is 1.67 bits per heavy atom. The van der Waals surface area contributed by atoms with Crippen LogP contribution in [-0.2, 0) is 0 Å². The number of likely N-dealkylation sites (tertiary alicyclic amines) is 1. The molecule has 0 radical (unpaired) electrons. The van der Waals surface area contributed by atoms with Crippen LogP contribution < -0.4 is 0 Å². The van der Waals surface area contributed by atoms with Crippen LogP contribution in [0.1, 0.15) is 29.8 Å². The van der Waals surface area contributed by atoms with Crippen LogP contribution in [0.15, 0.2) is 16.9 Å². The van der Waals surface area contributed by atoms with Crippen LogP contribution in [0.2, 0.25) is 0 Å². The first-order chi connectivity index (χ1) is 7.33. The second-order valence-electron chi connectivity index (χ2n) is 3.52. The summed E-state index contributed by atoms with van der Waals surface area (Å²) in [5.41, 5.74) is 0.275. The molecule has 5 heteroatoms. The van der Waals surface area contributed by atoms with Gasteiger partial charge in [-0.25, -0.2) is 0 Å². The highest BCUT2D eigenvalue weighted by Gasteiger charge is 2.28. The van der Waals surface area contributed by atoms with Crippen LogP contribution in [0.3, 0.4) is 0 Å². The van der Waals surface area contributed by atoms with Gasteiger partial charge in [0.25, 0.3) is 5.91 Å². The molecule has 15 heavy (non-hydrogen) atoms. The van der Waals surface area contributed by atoms with Crippen LogP contribution in [0.25, 0.3) is 0 Å². The number of aromatic nitrogens is 1. The van der Waals surface area contributed by atoms with E-state index >= 15 is 0 Å². The number of carbonyl (C=O) groups is 1. The summed E-state index contributed by atoms with van der Waals surface area (Å²) >= 11 is 0. The van der Waals surface area contributed by atoms with Gasteiger partial charge in [0.05, 0.1) is 6.07 Å². The summed E-state index contributed by atoms with van der Waals surface area (Å²) in [7, 11) is 0. The predicted molar refractivity (Wildman–Crippen MR) is 50.8 cm³/mol. The Morgan fingerprint density at radius 2 is 2.53 bits per heavy atom. The lowest BCUT2D eigenvalue weighted by Gasteiger charge is -2.30. The van der Waals surface area contributed by atoms with E-state index in [1.807, 2.05) is 0 Å². The number of hydrogen-bond acceptors (Lipinski definition) is 4. The average molecular weight is 205 g/mol. The minimum absolute atomic E-state index is 0.213. The minimum atomic E-state index is -0.317. The van der Waals surface area contributed by atoms with Crippen molar-refractivity contribution >= 4 is 5.91 Å². The largest absolute Gasteiger partial charge is 0.364 e. The van der Waals surface area contributed by atoms with Gasteiger partial charge in [-0.2, -0.15) is 5.26 Å². The summed E-state index contributed by atoms with van der Waals surface area (Å²) in [6.07, 6.45) is 4.06. The second-order valence-corrected chi connectivity index (χ2v) is 3.52. The molecule has 0 aliphatic carbocycles. The van der Waals surface area contributed by atoms with Gasteiger partial charge in [0.1, 0.15) is 12.3 Å². The fourth-order valence-corrected chi connectivity index (χ4v) is 1.78. The Kier molecular flexibility index (Phi) is 2.68. The summed E-state index contributed by atoms with van der Waals surface area (Å²) in [5.74, 6) is -0.213. The maximum Gasteiger partial charge on any atom is 0.277 e. The highest BCUT2D eigenvalue weighted by molar-refractivity contribution is 5.92. The van der Waals surface area contributed by atoms with E-state index in [-0.39, 0.29) is 17.6 Å². The lowest BCUT2D eigenvalue weighted by molar-refractivity contribution is 0.0660. The van der Waals surface area contributed by atoms with Crippen molar-refractivity contribution in [2.45, 2.75) is 25.3 Å². The van der Waals surface area contributed by atoms with E-state index in [1.54, 1.807) is 4.90 Å². The molecule has 0 saturated carbocycles. The molecule has 0 spiro atoms. The van der Waals surface area contributed by atoms with E-state index in [9.17, 15) is 4.79 Å². The zero-order chi connectivity index (χ0) is 10.7. The van der Waals surface area contributed by atoms with Crippen molar-refractivity contribution in [3.05, 3.63) is 18.0 Å². The summed E-state index contributed by atoms with van der Waals surface area (Å²) in [6, 6.07) is 3.35. The van der Waals surface area contributed by atoms with Gasteiger partial charge in [0, 0.05) is 12.6 Å². The average Bonchev–Trinajstić information content (AvgIpc) is 2.81. The molecule has 2 heterocycles. The van der Waals surface area contributed by atoms with Crippen molar-refractivity contribution in [1.29, 1.82) is 5.26 Å². The molecule has 1 unspecified atom stereocenters. The molecule has 1 fully saturated rings. The van der Waals surface area contributed by atoms with Crippen LogP contribution in [0, 0.1) is 11.3 Å². The number of amides is 1. The van der Waals surface area contributed by atoms with Gasteiger partial charge in [-0.3, -0.25) is 4.79 Å². The van der Waals surface area contributed by atoms with Gasteiger partial charge in [-0.05, 0) is 19.3 Å². The molecule has 5 nitrogen and oxygen atoms in total. The molecule has 1 saturated heterocycles. The van der Waals surface area contributed by atoms with E-state index < -0.39 is 0 Å². The number of piperidine rings is 1. The SMILES string of the molecule is N#CC1CCCCN1C(=O)c1ccon1. The molecule has 1 aromatic heterocycles. The topological polar surface area (TPSA) is 70.1 Å². The summed E-state index contributed by atoms with van der Waals surface area (Å²) in [6.45, 7) is 0.629. The first kappa shape index (κ1) is 9.71. The zero-order valence-electron chi connectivity index (χ0n) is 8.22. The van der Waals surface area contributed by atoms with E-state index in [1.165, 1.54) is 12.3 Å². The molecular weight excluding hydrogens is 194 g/mol. The Bertz CT molecular complexity index is 380. The lowest BCUT2D eigenvalue weighted by Crippen LogP contribution is -2.43. The van der Waals surface area contributed by atoms with Crippen LogP contribution in [0.4, 0.5) is 0 Å². The normalized spacial score (nSPS) is 21.0. The molecule has 78 valence electrons. The van der Waals surface area contributed by atoms with Crippen molar-refractivity contribution in [2.75, 3.05) is 6.54 Å². The van der Waals surface area contributed by atoms with Crippen LogP contribution >= 0.6 is 0 Å². The number of nitriles is 1. The molecule has 0 bridgehead atoms. The van der Waals surface area contributed by atoms with Gasteiger partial charge >= 0.3 is 0 Å². The summed E-state index contributed by atoms with van der Waals surface area (Å²) < 4.78 is 4.61. The molecular formula is C10H11N3O2. The highest BCUT2D eigenvalue weighted by atomic mass is 16.5. The van der Waals surface area contributed by atoms with Gasteiger partial charge in [-0.1, -0.05) is 5.16 Å². The van der Waals surface area contributed by atoms with Crippen molar-refractivity contribution in [3.63, 3.8) is 0 Å². The van der Waals surface area contributed by atoms with Gasteiger partial charge in [-0.15, -0.1) is 0 Å². The van der Waals surface area contributed by atoms with Gasteiger partial charge < -0.3 is 9.42 Å². The lowest BCUT2D eigenvalue weighted by atomic mass is 10.0. The fraction of sp³-hybridized carbons (Fsp3) is 0.500. The van der Waals surface area contributed by atoms with E-state index in [4.69, 9.17) is 5.26 Å². The minimum Gasteiger partial charge on any atom is -0.364 e. The fourth-order valence-electron chi connectivity index (χ4n) is 1.78. The Balaban J connectivity index is 2.15. The first-order valence-electron chi connectivity index (χ1n) is 4.94. The smallest absolute Gasteiger partial charge is 0.277 e. The Morgan fingerprint density at radius 3 is 3.20 bits per heavy atom. The van der Waals surface area contributed by atoms with Gasteiger partial charge in [0.2, 0.25) is 0 Å². The number of rotatable bonds is 1. The van der Waals surface area contributed by atoms with E-state index in [2.05, 4.69) is 15.7 Å². The van der Waals surface area contributed by atoms with Gasteiger partial charge in [0.15, 0.2) is 5.69 Å². The van der Waals surface area contributed by atoms with Crippen molar-refractivity contribution in [3.8, 4) is 6.07 Å². The molecule has 0 aromatic carbocycles. The van der Waals surface area contributed by atoms with E-state index in [0.717, 1.165) is 19.3 Å². The highest BCUT2D eigenvalue weighted by Crippen LogP contribution is 2.18. The number of nitrogens with zero attached hydrogens (tertiary/aromatic N) is 3. The quantitative estimate of drug-likeness (QED) is 0.690. The summed E-state index contributed by atoms with van der Waals surface area (Å²) in [5, 5.41) is 12.5. The maximum atomic E-state index is 11.9. The number of hydrogen-bond donors (Lipinski definition) is 0.